The SMILES string of the molecule is C=C(C)/C=C\C=C/N.C=C/C=C\C=C/C1=C(C2(C/C=C\C=C/C(=C)N)C3=C/C=C/C=C(c4cccc(Cc5ccccc5)c4)\C=C/C=C/C=C\3c3cc4ccccc4cc32)CCC=C1. The van der Waals surface area contributed by atoms with Crippen LogP contribution in [0.4, 0.5) is 0 Å². The Balaban J connectivity index is 0.000000776. The monoisotopic (exact) mass is 832 g/mol. The number of hydrogen-bond acceptors (Lipinski definition) is 2. The first-order valence-electron chi connectivity index (χ1n) is 22.0. The second-order valence-electron chi connectivity index (χ2n) is 15.9. The van der Waals surface area contributed by atoms with Crippen molar-refractivity contribution in [3.63, 3.8) is 0 Å². The lowest BCUT2D eigenvalue weighted by Crippen LogP contribution is -2.29. The van der Waals surface area contributed by atoms with Crippen LogP contribution in [0.25, 0.3) is 21.9 Å². The molecule has 0 amide bonds. The third-order valence-corrected chi connectivity index (χ3v) is 11.2. The van der Waals surface area contributed by atoms with Crippen LogP contribution in [0.5, 0.6) is 0 Å². The molecule has 0 bridgehead atoms. The van der Waals surface area contributed by atoms with E-state index in [0.717, 1.165) is 36.8 Å². The molecule has 2 nitrogen and oxygen atoms in total. The second-order valence-corrected chi connectivity index (χ2v) is 15.9. The molecular formula is C62H60N2. The van der Waals surface area contributed by atoms with Crippen LogP contribution in [0.3, 0.4) is 0 Å². The van der Waals surface area contributed by atoms with Crippen LogP contribution < -0.4 is 11.5 Å². The Bertz CT molecular complexity index is 2770. The molecule has 1 atom stereocenters. The van der Waals surface area contributed by atoms with E-state index in [2.05, 4.69) is 208 Å². The summed E-state index contributed by atoms with van der Waals surface area (Å²) in [7, 11) is 0. The van der Waals surface area contributed by atoms with Gasteiger partial charge in [0.1, 0.15) is 0 Å². The minimum Gasteiger partial charge on any atom is -0.405 e. The van der Waals surface area contributed by atoms with E-state index in [1.807, 2.05) is 43.4 Å². The molecule has 0 fully saturated rings. The molecule has 0 aliphatic heterocycles. The van der Waals surface area contributed by atoms with Gasteiger partial charge in [0.05, 0.1) is 0 Å². The Hall–Kier alpha value is -7.68. The molecule has 3 aliphatic rings. The lowest BCUT2D eigenvalue weighted by molar-refractivity contribution is 0.592. The fourth-order valence-corrected chi connectivity index (χ4v) is 8.43. The summed E-state index contributed by atoms with van der Waals surface area (Å²) >= 11 is 0. The highest BCUT2D eigenvalue weighted by molar-refractivity contribution is 5.99. The molecule has 0 saturated carbocycles. The van der Waals surface area contributed by atoms with Crippen LogP contribution in [0, 0.1) is 0 Å². The Labute approximate surface area is 382 Å². The molecule has 2 heteroatoms. The first-order valence-corrected chi connectivity index (χ1v) is 22.0. The van der Waals surface area contributed by atoms with E-state index in [1.165, 1.54) is 67.1 Å². The molecule has 0 radical (unpaired) electrons. The van der Waals surface area contributed by atoms with Gasteiger partial charge in [-0.25, -0.2) is 0 Å². The maximum atomic E-state index is 5.91. The van der Waals surface area contributed by atoms with Gasteiger partial charge in [0.2, 0.25) is 0 Å². The molecule has 3 aliphatic carbocycles. The van der Waals surface area contributed by atoms with Gasteiger partial charge in [-0.3, -0.25) is 0 Å². The molecule has 7 rings (SSSR count). The number of fused-ring (bicyclic) bond motifs is 4. The fraction of sp³-hybridized carbons (Fsp3) is 0.0968. The molecule has 0 aromatic heterocycles. The molecule has 4 N–H and O–H groups in total. The molecule has 0 heterocycles. The summed E-state index contributed by atoms with van der Waals surface area (Å²) in [5, 5.41) is 2.48. The molecular weight excluding hydrogens is 773 g/mol. The van der Waals surface area contributed by atoms with Crippen LogP contribution in [-0.2, 0) is 11.8 Å². The van der Waals surface area contributed by atoms with Crippen molar-refractivity contribution in [3.8, 4) is 0 Å². The van der Waals surface area contributed by atoms with Gasteiger partial charge >= 0.3 is 0 Å². The van der Waals surface area contributed by atoms with Crippen LogP contribution in [0.15, 0.2) is 285 Å². The zero-order chi connectivity index (χ0) is 45.0. The van der Waals surface area contributed by atoms with Gasteiger partial charge in [-0.05, 0) is 130 Å². The predicted octanol–water partition coefficient (Wildman–Crippen LogP) is 15.3. The van der Waals surface area contributed by atoms with E-state index in [4.69, 9.17) is 11.5 Å². The second kappa shape index (κ2) is 23.5. The van der Waals surface area contributed by atoms with E-state index in [9.17, 15) is 0 Å². The van der Waals surface area contributed by atoms with Crippen molar-refractivity contribution in [1.82, 2.24) is 0 Å². The first-order chi connectivity index (χ1) is 31.3. The van der Waals surface area contributed by atoms with Crippen molar-refractivity contribution in [2.45, 2.75) is 38.0 Å². The van der Waals surface area contributed by atoms with Crippen LogP contribution in [-0.4, -0.2) is 0 Å². The highest BCUT2D eigenvalue weighted by atomic mass is 14.5. The van der Waals surface area contributed by atoms with Crippen molar-refractivity contribution in [1.29, 1.82) is 0 Å². The summed E-state index contributed by atoms with van der Waals surface area (Å²) in [5.74, 6) is 0. The quantitative estimate of drug-likeness (QED) is 0.132. The maximum absolute atomic E-state index is 5.91. The van der Waals surface area contributed by atoms with Crippen molar-refractivity contribution in [2.24, 2.45) is 11.5 Å². The van der Waals surface area contributed by atoms with E-state index < -0.39 is 5.41 Å². The van der Waals surface area contributed by atoms with Gasteiger partial charge in [-0.1, -0.05) is 232 Å². The first kappa shape index (κ1) is 45.8. The average molecular weight is 833 g/mol. The van der Waals surface area contributed by atoms with Gasteiger partial charge in [-0.2, -0.15) is 0 Å². The van der Waals surface area contributed by atoms with E-state index in [0.29, 0.717) is 5.70 Å². The molecule has 64 heavy (non-hydrogen) atoms. The summed E-state index contributed by atoms with van der Waals surface area (Å²) in [4.78, 5) is 0. The number of nitrogens with two attached hydrogens (primary N) is 2. The minimum absolute atomic E-state index is 0.432. The lowest BCUT2D eigenvalue weighted by atomic mass is 9.65. The number of rotatable bonds is 13. The molecule has 318 valence electrons. The molecule has 0 saturated heterocycles. The third kappa shape index (κ3) is 12.0. The van der Waals surface area contributed by atoms with Gasteiger partial charge < -0.3 is 11.5 Å². The number of hydrogen-bond donors (Lipinski definition) is 2. The maximum Gasteiger partial charge on any atom is 0.0466 e. The summed E-state index contributed by atoms with van der Waals surface area (Å²) in [6, 6.07) is 33.1. The van der Waals surface area contributed by atoms with Crippen molar-refractivity contribution in [3.05, 3.63) is 312 Å². The molecule has 4 aromatic carbocycles. The topological polar surface area (TPSA) is 52.0 Å². The molecule has 1 unspecified atom stereocenters. The van der Waals surface area contributed by atoms with Gasteiger partial charge in [0.15, 0.2) is 0 Å². The van der Waals surface area contributed by atoms with E-state index in [-0.39, 0.29) is 0 Å². The summed E-state index contributed by atoms with van der Waals surface area (Å²) < 4.78 is 0. The average Bonchev–Trinajstić information content (AvgIpc) is 3.54. The molecule has 0 spiro atoms. The van der Waals surface area contributed by atoms with Crippen molar-refractivity contribution < 1.29 is 0 Å². The Morgan fingerprint density at radius 3 is 2.23 bits per heavy atom. The van der Waals surface area contributed by atoms with Crippen LogP contribution in [0.1, 0.15) is 54.0 Å². The Morgan fingerprint density at radius 2 is 1.45 bits per heavy atom. The molecule has 4 aromatic rings. The standard InChI is InChI=1S/C55H49N.C7H11N/c1-3-4-5-12-29-46-30-18-19-35-52(46)55(37-21-8-9-23-42(2)56)53-36-20-17-28-45(47-33-22-26-44(39-47)38-43-24-10-6-11-25-43)27-13-7-14-34-50(53)51-40-48-31-15-16-32-49(48)41-54(51)55;1-7(2)5-3-4-6-8/h3-18,20-34,36,39-41H,1-2,19,35,37-38,56H2;3-6H,1,8H2,2H3/b5-4-,13-7?,14-7+,20-17+,21-8-,23-9-,27-13-,28-17?,29-12-,34-14?,36-20?,45-27?,45-28+,50-34-,53-36+;5-3-,6-4-. The Kier molecular flexibility index (Phi) is 16.8. The van der Waals surface area contributed by atoms with Crippen molar-refractivity contribution in [2.75, 3.05) is 0 Å². The van der Waals surface area contributed by atoms with E-state index >= 15 is 0 Å². The van der Waals surface area contributed by atoms with Crippen LogP contribution >= 0.6 is 0 Å². The highest BCUT2D eigenvalue weighted by Gasteiger charge is 2.48. The number of benzene rings is 4. The zero-order valence-corrected chi connectivity index (χ0v) is 37.1. The minimum atomic E-state index is -0.432. The highest BCUT2D eigenvalue weighted by Crippen LogP contribution is 2.59. The fourth-order valence-electron chi connectivity index (χ4n) is 8.43. The van der Waals surface area contributed by atoms with Crippen LogP contribution in [0.2, 0.25) is 0 Å². The summed E-state index contributed by atoms with van der Waals surface area (Å²) in [5.41, 5.74) is 24.9. The normalized spacial score (nSPS) is 21.4. The van der Waals surface area contributed by atoms with Gasteiger partial charge in [0, 0.05) is 11.1 Å². The number of allylic oxidation sites excluding steroid dienone is 29. The smallest absolute Gasteiger partial charge is 0.0466 e. The Morgan fingerprint density at radius 1 is 0.703 bits per heavy atom. The lowest BCUT2D eigenvalue weighted by Gasteiger charge is -2.37. The zero-order valence-electron chi connectivity index (χ0n) is 37.1. The van der Waals surface area contributed by atoms with Gasteiger partial charge in [0.25, 0.3) is 0 Å². The third-order valence-electron chi connectivity index (χ3n) is 11.2. The largest absolute Gasteiger partial charge is 0.405 e. The van der Waals surface area contributed by atoms with E-state index in [1.54, 1.807) is 6.08 Å². The summed E-state index contributed by atoms with van der Waals surface area (Å²) in [6.07, 6.45) is 53.8. The van der Waals surface area contributed by atoms with Crippen molar-refractivity contribution >= 4 is 21.9 Å². The summed E-state index contributed by atoms with van der Waals surface area (Å²) in [6.45, 7) is 13.3. The predicted molar refractivity (Wildman–Crippen MR) is 280 cm³/mol. The van der Waals surface area contributed by atoms with Gasteiger partial charge in [-0.15, -0.1) is 0 Å².